The lowest BCUT2D eigenvalue weighted by Crippen LogP contribution is -2.42. The van der Waals surface area contributed by atoms with E-state index in [1.165, 1.54) is 32.1 Å². The van der Waals surface area contributed by atoms with E-state index in [9.17, 15) is 4.79 Å². The lowest BCUT2D eigenvalue weighted by atomic mass is 9.83. The first kappa shape index (κ1) is 24.2. The van der Waals surface area contributed by atoms with Gasteiger partial charge in [0.05, 0.1) is 6.54 Å². The third-order valence-electron chi connectivity index (χ3n) is 5.92. The van der Waals surface area contributed by atoms with Crippen molar-refractivity contribution in [1.29, 1.82) is 0 Å². The van der Waals surface area contributed by atoms with Crippen molar-refractivity contribution in [3.05, 3.63) is 35.4 Å². The highest BCUT2D eigenvalue weighted by Gasteiger charge is 2.25. The summed E-state index contributed by atoms with van der Waals surface area (Å²) in [4.78, 5) is 21.0. The fraction of sp³-hybridized carbons (Fsp3) is 0.667. The molecule has 0 radical (unpaired) electrons. The predicted molar refractivity (Wildman–Crippen MR) is 126 cm³/mol. The first-order chi connectivity index (χ1) is 14.4. The molecule has 0 bridgehead atoms. The van der Waals surface area contributed by atoms with Crippen LogP contribution in [0.4, 0.5) is 0 Å². The van der Waals surface area contributed by atoms with Crippen LogP contribution in [0, 0.1) is 5.92 Å². The van der Waals surface area contributed by atoms with Gasteiger partial charge >= 0.3 is 0 Å². The van der Waals surface area contributed by atoms with Gasteiger partial charge in [0, 0.05) is 38.8 Å². The third-order valence-corrected chi connectivity index (χ3v) is 5.92. The summed E-state index contributed by atoms with van der Waals surface area (Å²) in [6, 6.07) is 8.38. The molecule has 1 unspecified atom stereocenters. The molecule has 1 fully saturated rings. The summed E-state index contributed by atoms with van der Waals surface area (Å²) in [5.41, 5.74) is 1.89. The summed E-state index contributed by atoms with van der Waals surface area (Å²) in [6.07, 6.45) is 7.58. The van der Waals surface area contributed by atoms with E-state index in [1.807, 2.05) is 18.2 Å². The highest BCUT2D eigenvalue weighted by Crippen LogP contribution is 2.28. The van der Waals surface area contributed by atoms with Crippen molar-refractivity contribution in [2.75, 3.05) is 47.8 Å². The number of hydrogen-bond acceptors (Lipinski definition) is 3. The van der Waals surface area contributed by atoms with Crippen molar-refractivity contribution >= 4 is 11.9 Å². The number of hydrogen-bond donors (Lipinski definition) is 2. The van der Waals surface area contributed by atoms with Crippen LogP contribution in [-0.4, -0.2) is 75.5 Å². The summed E-state index contributed by atoms with van der Waals surface area (Å²) >= 11 is 0. The van der Waals surface area contributed by atoms with E-state index in [4.69, 9.17) is 4.99 Å². The molecule has 1 atom stereocenters. The van der Waals surface area contributed by atoms with Crippen molar-refractivity contribution < 1.29 is 4.79 Å². The first-order valence-electron chi connectivity index (χ1n) is 11.4. The zero-order valence-corrected chi connectivity index (χ0v) is 19.6. The average Bonchev–Trinajstić information content (AvgIpc) is 2.74. The van der Waals surface area contributed by atoms with E-state index in [1.54, 1.807) is 19.0 Å². The SMILES string of the molecule is CCNC(=NCC(C1CCCCC1)N(C)C)NCCc1cccc(C(=O)N(C)C)c1. The molecule has 1 aliphatic carbocycles. The van der Waals surface area contributed by atoms with Crippen LogP contribution in [-0.2, 0) is 6.42 Å². The van der Waals surface area contributed by atoms with Crippen molar-refractivity contribution in [2.24, 2.45) is 10.9 Å². The molecule has 0 aliphatic heterocycles. The molecule has 1 aromatic rings. The summed E-state index contributed by atoms with van der Waals surface area (Å²) in [5, 5.41) is 6.83. The molecule has 0 heterocycles. The van der Waals surface area contributed by atoms with Crippen molar-refractivity contribution in [3.63, 3.8) is 0 Å². The lowest BCUT2D eigenvalue weighted by molar-refractivity contribution is 0.0827. The Labute approximate surface area is 183 Å². The van der Waals surface area contributed by atoms with Crippen LogP contribution >= 0.6 is 0 Å². The van der Waals surface area contributed by atoms with Crippen molar-refractivity contribution in [3.8, 4) is 0 Å². The maximum atomic E-state index is 12.2. The summed E-state index contributed by atoms with van der Waals surface area (Å²) < 4.78 is 0. The maximum Gasteiger partial charge on any atom is 0.253 e. The first-order valence-corrected chi connectivity index (χ1v) is 11.4. The number of likely N-dealkylation sites (N-methyl/N-ethyl adjacent to an activating group) is 1. The number of amides is 1. The Morgan fingerprint density at radius 3 is 2.50 bits per heavy atom. The third kappa shape index (κ3) is 7.63. The zero-order chi connectivity index (χ0) is 21.9. The second-order valence-electron chi connectivity index (χ2n) is 8.73. The number of carbonyl (C=O) groups is 1. The van der Waals surface area contributed by atoms with Gasteiger partial charge in [-0.3, -0.25) is 9.79 Å². The van der Waals surface area contributed by atoms with E-state index >= 15 is 0 Å². The zero-order valence-electron chi connectivity index (χ0n) is 19.6. The molecule has 0 spiro atoms. The molecule has 6 nitrogen and oxygen atoms in total. The number of guanidine groups is 1. The summed E-state index contributed by atoms with van der Waals surface area (Å²) in [7, 11) is 7.92. The van der Waals surface area contributed by atoms with E-state index < -0.39 is 0 Å². The van der Waals surface area contributed by atoms with E-state index in [0.29, 0.717) is 6.04 Å². The van der Waals surface area contributed by atoms with Gasteiger partial charge in [-0.05, 0) is 63.9 Å². The molecule has 30 heavy (non-hydrogen) atoms. The van der Waals surface area contributed by atoms with Gasteiger partial charge in [-0.25, -0.2) is 0 Å². The second-order valence-corrected chi connectivity index (χ2v) is 8.73. The standard InChI is InChI=1S/C24H41N5O/c1-6-25-24(27-18-22(28(2)3)20-12-8-7-9-13-20)26-16-15-19-11-10-14-21(17-19)23(30)29(4)5/h10-11,14,17,20,22H,6-9,12-13,15-16,18H2,1-5H3,(H2,25,26,27). The van der Waals surface area contributed by atoms with Crippen LogP contribution < -0.4 is 10.6 Å². The molecule has 0 saturated heterocycles. The van der Waals surface area contributed by atoms with Gasteiger partial charge in [-0.2, -0.15) is 0 Å². The van der Waals surface area contributed by atoms with Crippen LogP contribution in [0.3, 0.4) is 0 Å². The monoisotopic (exact) mass is 415 g/mol. The van der Waals surface area contributed by atoms with Gasteiger partial charge in [0.25, 0.3) is 5.91 Å². The van der Waals surface area contributed by atoms with Crippen LogP contribution in [0.25, 0.3) is 0 Å². The van der Waals surface area contributed by atoms with Gasteiger partial charge in [-0.1, -0.05) is 31.4 Å². The lowest BCUT2D eigenvalue weighted by Gasteiger charge is -2.34. The molecule has 2 N–H and O–H groups in total. The Morgan fingerprint density at radius 2 is 1.87 bits per heavy atom. The molecule has 1 saturated carbocycles. The molecule has 2 rings (SSSR count). The number of rotatable bonds is 9. The summed E-state index contributed by atoms with van der Waals surface area (Å²) in [5.74, 6) is 1.66. The number of benzene rings is 1. The highest BCUT2D eigenvalue weighted by atomic mass is 16.2. The van der Waals surface area contributed by atoms with E-state index in [2.05, 4.69) is 42.6 Å². The van der Waals surface area contributed by atoms with Crippen LogP contribution in [0.5, 0.6) is 0 Å². The number of nitrogens with one attached hydrogen (secondary N) is 2. The Bertz CT molecular complexity index is 680. The molecule has 1 aliphatic rings. The molecular weight excluding hydrogens is 374 g/mol. The van der Waals surface area contributed by atoms with Gasteiger partial charge in [0.2, 0.25) is 0 Å². The number of carbonyl (C=O) groups excluding carboxylic acids is 1. The second kappa shape index (κ2) is 12.6. The molecule has 6 heteroatoms. The Hall–Kier alpha value is -2.08. The molecule has 0 aromatic heterocycles. The van der Waals surface area contributed by atoms with Gasteiger partial charge in [-0.15, -0.1) is 0 Å². The number of aliphatic imine (C=N–C) groups is 1. The largest absolute Gasteiger partial charge is 0.357 e. The molecular formula is C24H41N5O. The predicted octanol–water partition coefficient (Wildman–Crippen LogP) is 3.00. The Balaban J connectivity index is 1.93. The van der Waals surface area contributed by atoms with Gasteiger partial charge in [0.15, 0.2) is 5.96 Å². The average molecular weight is 416 g/mol. The maximum absolute atomic E-state index is 12.2. The van der Waals surface area contributed by atoms with Gasteiger partial charge in [0.1, 0.15) is 0 Å². The Kier molecular flexibility index (Phi) is 10.1. The summed E-state index contributed by atoms with van der Waals surface area (Å²) in [6.45, 7) is 4.54. The van der Waals surface area contributed by atoms with Crippen LogP contribution in [0.1, 0.15) is 54.9 Å². The van der Waals surface area contributed by atoms with Crippen LogP contribution in [0.2, 0.25) is 0 Å². The molecule has 168 valence electrons. The van der Waals surface area contributed by atoms with E-state index in [0.717, 1.165) is 49.1 Å². The van der Waals surface area contributed by atoms with Gasteiger partial charge < -0.3 is 20.4 Å². The topological polar surface area (TPSA) is 60.0 Å². The fourth-order valence-corrected chi connectivity index (χ4v) is 4.22. The smallest absolute Gasteiger partial charge is 0.253 e. The quantitative estimate of drug-likeness (QED) is 0.481. The highest BCUT2D eigenvalue weighted by molar-refractivity contribution is 5.94. The minimum atomic E-state index is 0.0390. The fourth-order valence-electron chi connectivity index (χ4n) is 4.22. The van der Waals surface area contributed by atoms with Crippen molar-refractivity contribution in [1.82, 2.24) is 20.4 Å². The normalized spacial score (nSPS) is 16.4. The van der Waals surface area contributed by atoms with Crippen molar-refractivity contribution in [2.45, 2.75) is 51.5 Å². The van der Waals surface area contributed by atoms with E-state index in [-0.39, 0.29) is 5.91 Å². The van der Waals surface area contributed by atoms with Crippen LogP contribution in [0.15, 0.2) is 29.3 Å². The molecule has 1 amide bonds. The Morgan fingerprint density at radius 1 is 1.13 bits per heavy atom. The molecule has 1 aromatic carbocycles. The minimum Gasteiger partial charge on any atom is -0.357 e. The minimum absolute atomic E-state index is 0.0390. The number of nitrogens with zero attached hydrogens (tertiary/aromatic N) is 3.